The quantitative estimate of drug-likeness (QED) is 0.494. The summed E-state index contributed by atoms with van der Waals surface area (Å²) in [5, 5.41) is 0.523. The molecule has 1 aromatic heterocycles. The molecule has 0 unspecified atom stereocenters. The lowest BCUT2D eigenvalue weighted by Crippen LogP contribution is -2.43. The van der Waals surface area contributed by atoms with Gasteiger partial charge in [0, 0.05) is 11.9 Å². The summed E-state index contributed by atoms with van der Waals surface area (Å²) in [5.74, 6) is -0.598. The molecule has 6 nitrogen and oxygen atoms in total. The van der Waals surface area contributed by atoms with Crippen LogP contribution in [-0.2, 0) is 13.6 Å². The van der Waals surface area contributed by atoms with Crippen molar-refractivity contribution in [1.82, 2.24) is 9.13 Å². The van der Waals surface area contributed by atoms with Crippen molar-refractivity contribution in [2.45, 2.75) is 11.4 Å². The molecule has 2 N–H and O–H groups in total. The summed E-state index contributed by atoms with van der Waals surface area (Å²) in [4.78, 5) is 38.6. The summed E-state index contributed by atoms with van der Waals surface area (Å²) in [7, 11) is 1.34. The highest BCUT2D eigenvalue weighted by atomic mass is 35.5. The monoisotopic (exact) mass is 415 g/mol. The van der Waals surface area contributed by atoms with Gasteiger partial charge in [-0.2, -0.15) is 0 Å². The largest absolute Gasteiger partial charge is 0.384 e. The predicted octanol–water partition coefficient (Wildman–Crippen LogP) is 2.81. The molecular formula is C20H18ClN3O3S. The number of nitrogens with two attached hydrogens (primary N) is 1. The zero-order valence-corrected chi connectivity index (χ0v) is 16.7. The summed E-state index contributed by atoms with van der Waals surface area (Å²) >= 11 is 7.32. The highest BCUT2D eigenvalue weighted by Crippen LogP contribution is 2.27. The van der Waals surface area contributed by atoms with E-state index in [1.165, 1.54) is 23.4 Å². The minimum atomic E-state index is -0.698. The Balaban J connectivity index is 1.96. The molecule has 0 aliphatic carbocycles. The number of nitrogen functional groups attached to an aromatic ring is 1. The highest BCUT2D eigenvalue weighted by molar-refractivity contribution is 8.00. The molecule has 0 aliphatic rings. The van der Waals surface area contributed by atoms with Crippen molar-refractivity contribution in [3.05, 3.63) is 91.6 Å². The van der Waals surface area contributed by atoms with Gasteiger partial charge >= 0.3 is 5.69 Å². The Hall–Kier alpha value is -2.77. The van der Waals surface area contributed by atoms with Gasteiger partial charge in [0.2, 0.25) is 0 Å². The van der Waals surface area contributed by atoms with Gasteiger partial charge in [-0.1, -0.05) is 54.1 Å². The second-order valence-electron chi connectivity index (χ2n) is 6.12. The zero-order valence-electron chi connectivity index (χ0n) is 15.1. The maximum absolute atomic E-state index is 12.8. The number of Topliss-reactive ketones (excluding diaryl/α,β-unsaturated/α-hetero) is 1. The molecule has 0 bridgehead atoms. The van der Waals surface area contributed by atoms with Crippen LogP contribution in [0.5, 0.6) is 0 Å². The van der Waals surface area contributed by atoms with Crippen molar-refractivity contribution in [2.24, 2.45) is 7.05 Å². The molecule has 0 saturated carbocycles. The average Bonchev–Trinajstić information content (AvgIpc) is 2.70. The minimum absolute atomic E-state index is 0.0211. The zero-order chi connectivity index (χ0) is 20.3. The van der Waals surface area contributed by atoms with Gasteiger partial charge in [-0.25, -0.2) is 4.79 Å². The molecule has 0 fully saturated rings. The topological polar surface area (TPSA) is 87.1 Å². The number of nitrogens with zero attached hydrogens (tertiary/aromatic N) is 2. The molecule has 8 heteroatoms. The van der Waals surface area contributed by atoms with Crippen LogP contribution >= 0.6 is 23.4 Å². The minimum Gasteiger partial charge on any atom is -0.384 e. The number of carbonyl (C=O) groups is 1. The van der Waals surface area contributed by atoms with Gasteiger partial charge < -0.3 is 5.73 Å². The fourth-order valence-corrected chi connectivity index (χ4v) is 3.85. The number of aromatic nitrogens is 2. The van der Waals surface area contributed by atoms with E-state index in [1.807, 2.05) is 36.4 Å². The summed E-state index contributed by atoms with van der Waals surface area (Å²) < 4.78 is 2.15. The van der Waals surface area contributed by atoms with Gasteiger partial charge in [0.15, 0.2) is 5.78 Å². The summed E-state index contributed by atoms with van der Waals surface area (Å²) in [6.07, 6.45) is 0. The van der Waals surface area contributed by atoms with E-state index in [0.717, 1.165) is 15.0 Å². The first-order valence-electron chi connectivity index (χ1n) is 8.44. The fourth-order valence-electron chi connectivity index (χ4n) is 2.74. The van der Waals surface area contributed by atoms with Crippen LogP contribution in [0.2, 0.25) is 5.02 Å². The number of hydrogen-bond donors (Lipinski definition) is 1. The normalized spacial score (nSPS) is 10.8. The lowest BCUT2D eigenvalue weighted by Gasteiger charge is -2.14. The maximum atomic E-state index is 12.8. The summed E-state index contributed by atoms with van der Waals surface area (Å²) in [6, 6.07) is 16.3. The molecule has 3 aromatic rings. The molecule has 2 aromatic carbocycles. The molecule has 0 spiro atoms. The van der Waals surface area contributed by atoms with E-state index in [2.05, 4.69) is 0 Å². The van der Waals surface area contributed by atoms with Crippen molar-refractivity contribution in [3.63, 3.8) is 0 Å². The van der Waals surface area contributed by atoms with Crippen molar-refractivity contribution in [3.8, 4) is 0 Å². The van der Waals surface area contributed by atoms with Crippen LogP contribution in [0.15, 0.2) is 69.1 Å². The first kappa shape index (κ1) is 20.0. The van der Waals surface area contributed by atoms with Crippen LogP contribution in [-0.4, -0.2) is 20.7 Å². The Morgan fingerprint density at radius 1 is 1.07 bits per heavy atom. The van der Waals surface area contributed by atoms with Crippen molar-refractivity contribution >= 4 is 35.0 Å². The molecule has 0 amide bonds. The first-order chi connectivity index (χ1) is 13.4. The van der Waals surface area contributed by atoms with Crippen LogP contribution in [0.1, 0.15) is 15.9 Å². The van der Waals surface area contributed by atoms with Gasteiger partial charge in [0.1, 0.15) is 11.4 Å². The number of rotatable bonds is 6. The lowest BCUT2D eigenvalue weighted by molar-refractivity contribution is 0.102. The van der Waals surface area contributed by atoms with Gasteiger partial charge in [0.25, 0.3) is 5.56 Å². The Kier molecular flexibility index (Phi) is 6.06. The predicted molar refractivity (Wildman–Crippen MR) is 112 cm³/mol. The molecular weight excluding hydrogens is 398 g/mol. The van der Waals surface area contributed by atoms with E-state index in [1.54, 1.807) is 18.2 Å². The van der Waals surface area contributed by atoms with Crippen LogP contribution < -0.4 is 17.0 Å². The van der Waals surface area contributed by atoms with E-state index in [0.29, 0.717) is 5.02 Å². The molecule has 0 aliphatic heterocycles. The van der Waals surface area contributed by atoms with Crippen molar-refractivity contribution in [1.29, 1.82) is 0 Å². The first-order valence-corrected chi connectivity index (χ1v) is 9.80. The number of benzene rings is 2. The van der Waals surface area contributed by atoms with Gasteiger partial charge in [0.05, 0.1) is 17.3 Å². The van der Waals surface area contributed by atoms with Crippen LogP contribution in [0.3, 0.4) is 0 Å². The third-order valence-corrected chi connectivity index (χ3v) is 5.76. The second-order valence-corrected chi connectivity index (χ2v) is 7.55. The maximum Gasteiger partial charge on any atom is 0.332 e. The van der Waals surface area contributed by atoms with Crippen LogP contribution in [0, 0.1) is 0 Å². The molecule has 0 saturated heterocycles. The highest BCUT2D eigenvalue weighted by Gasteiger charge is 2.22. The molecule has 0 radical (unpaired) electrons. The molecule has 3 rings (SSSR count). The van der Waals surface area contributed by atoms with Gasteiger partial charge in [-0.05, 0) is 17.7 Å². The van der Waals surface area contributed by atoms with Crippen LogP contribution in [0.4, 0.5) is 5.82 Å². The SMILES string of the molecule is Cn1c(=O)c(C(=O)CSc2ccccc2Cl)c(N)n(Cc2ccccc2)c1=O. The summed E-state index contributed by atoms with van der Waals surface area (Å²) in [6.45, 7) is 0.164. The van der Waals surface area contributed by atoms with Crippen LogP contribution in [0.25, 0.3) is 0 Å². The fraction of sp³-hybridized carbons (Fsp3) is 0.150. The Bertz CT molecular complexity index is 1140. The number of hydrogen-bond acceptors (Lipinski definition) is 5. The Morgan fingerprint density at radius 2 is 1.71 bits per heavy atom. The number of halogens is 1. The van der Waals surface area contributed by atoms with Crippen molar-refractivity contribution in [2.75, 3.05) is 11.5 Å². The van der Waals surface area contributed by atoms with Crippen molar-refractivity contribution < 1.29 is 4.79 Å². The standard InChI is InChI=1S/C20H18ClN3O3S/c1-23-19(26)17(15(25)12-28-16-10-6-5-9-14(16)21)18(22)24(20(23)27)11-13-7-3-2-4-8-13/h2-10H,11-12,22H2,1H3. The Labute approximate surface area is 170 Å². The Morgan fingerprint density at radius 3 is 2.39 bits per heavy atom. The molecule has 1 heterocycles. The van der Waals surface area contributed by atoms with Gasteiger partial charge in [-0.3, -0.25) is 18.7 Å². The molecule has 0 atom stereocenters. The average molecular weight is 416 g/mol. The number of carbonyl (C=O) groups excluding carboxylic acids is 1. The lowest BCUT2D eigenvalue weighted by atomic mass is 10.2. The van der Waals surface area contributed by atoms with E-state index in [4.69, 9.17) is 17.3 Å². The molecule has 144 valence electrons. The number of anilines is 1. The number of thioether (sulfide) groups is 1. The van der Waals surface area contributed by atoms with E-state index in [9.17, 15) is 14.4 Å². The van der Waals surface area contributed by atoms with E-state index in [-0.39, 0.29) is 23.7 Å². The van der Waals surface area contributed by atoms with E-state index >= 15 is 0 Å². The number of ketones is 1. The molecule has 28 heavy (non-hydrogen) atoms. The summed E-state index contributed by atoms with van der Waals surface area (Å²) in [5.41, 5.74) is 5.48. The third kappa shape index (κ3) is 4.05. The smallest absolute Gasteiger partial charge is 0.332 e. The second kappa shape index (κ2) is 8.50. The van der Waals surface area contributed by atoms with Gasteiger partial charge in [-0.15, -0.1) is 11.8 Å². The third-order valence-electron chi connectivity index (χ3n) is 4.24. The van der Waals surface area contributed by atoms with E-state index < -0.39 is 17.0 Å².